The van der Waals surface area contributed by atoms with Gasteiger partial charge in [0.2, 0.25) is 0 Å². The molecule has 0 saturated carbocycles. The number of allylic oxidation sites excluding steroid dienone is 1. The summed E-state index contributed by atoms with van der Waals surface area (Å²) in [5, 5.41) is 32.5. The number of carboxylic acids is 2. The highest BCUT2D eigenvalue weighted by Gasteiger charge is 2.29. The van der Waals surface area contributed by atoms with E-state index in [1.165, 1.54) is 6.08 Å². The summed E-state index contributed by atoms with van der Waals surface area (Å²) in [4.78, 5) is 32.4. The number of hydrogen-bond donors (Lipinski definition) is 5. The van der Waals surface area contributed by atoms with Gasteiger partial charge in [0, 0.05) is 0 Å². The largest absolute Gasteiger partial charge is 0.496 e. The molecule has 0 saturated heterocycles. The Morgan fingerprint density at radius 2 is 1.54 bits per heavy atom. The van der Waals surface area contributed by atoms with Gasteiger partial charge in [0.15, 0.2) is 18.0 Å². The van der Waals surface area contributed by atoms with Gasteiger partial charge in [-0.3, -0.25) is 4.79 Å². The number of nitrogen functional groups attached to an aromatic ring is 1. The average Bonchev–Trinajstić information content (AvgIpc) is 2.85. The maximum atomic E-state index is 12.8. The number of carboxylic acid groups (broad SMARTS) is 2. The predicted octanol–water partition coefficient (Wildman–Crippen LogP) is 2.24. The lowest BCUT2D eigenvalue weighted by molar-refractivity contribution is -0.165. The first-order chi connectivity index (χ1) is 17.3. The number of carbonyl (C=O) groups is 3. The number of ether oxygens (including phenoxy) is 3. The van der Waals surface area contributed by atoms with Gasteiger partial charge in [-0.15, -0.1) is 0 Å². The van der Waals surface area contributed by atoms with Gasteiger partial charge in [-0.2, -0.15) is 0 Å². The number of aliphatic hydroxyl groups is 2. The average molecular weight is 516 g/mol. The van der Waals surface area contributed by atoms with Gasteiger partial charge in [0.25, 0.3) is 0 Å². The Morgan fingerprint density at radius 1 is 0.973 bits per heavy atom. The summed E-state index contributed by atoms with van der Waals surface area (Å²) >= 11 is 0. The molecule has 11 nitrogen and oxygen atoms in total. The zero-order valence-electron chi connectivity index (χ0n) is 20.7. The van der Waals surface area contributed by atoms with E-state index < -0.39 is 29.7 Å². The van der Waals surface area contributed by atoms with Crippen LogP contribution in [0, 0.1) is 0 Å². The summed E-state index contributed by atoms with van der Waals surface area (Å²) in [6.45, 7) is 3.88. The number of benzene rings is 2. The van der Waals surface area contributed by atoms with Crippen LogP contribution in [0.25, 0.3) is 12.2 Å². The molecule has 198 valence electrons. The second-order valence-corrected chi connectivity index (χ2v) is 8.36. The van der Waals surface area contributed by atoms with Gasteiger partial charge < -0.3 is 40.4 Å². The molecule has 6 N–H and O–H groups in total. The number of hydrogen-bond acceptors (Lipinski definition) is 9. The monoisotopic (exact) mass is 515 g/mol. The van der Waals surface area contributed by atoms with Crippen molar-refractivity contribution in [1.29, 1.82) is 0 Å². The summed E-state index contributed by atoms with van der Waals surface area (Å²) in [5.74, 6) is -1.89. The number of aliphatic carboxylic acids is 2. The molecule has 0 amide bonds. The highest BCUT2D eigenvalue weighted by Crippen LogP contribution is 2.40. The topological polar surface area (TPSA) is 186 Å². The maximum Gasteiger partial charge on any atom is 0.335 e. The van der Waals surface area contributed by atoms with Crippen molar-refractivity contribution >= 4 is 35.6 Å². The first-order valence-electron chi connectivity index (χ1n) is 10.9. The van der Waals surface area contributed by atoms with Crippen LogP contribution < -0.4 is 19.9 Å². The van der Waals surface area contributed by atoms with Gasteiger partial charge >= 0.3 is 11.9 Å². The smallest absolute Gasteiger partial charge is 0.335 e. The summed E-state index contributed by atoms with van der Waals surface area (Å²) < 4.78 is 16.6. The van der Waals surface area contributed by atoms with Crippen LogP contribution in [0.4, 0.5) is 5.69 Å². The normalized spacial score (nSPS) is 14.9. The van der Waals surface area contributed by atoms with Crippen LogP contribution in [0.3, 0.4) is 0 Å². The number of fused-ring (bicyclic) bond motifs is 1. The number of methoxy groups -OCH3 is 2. The van der Waals surface area contributed by atoms with E-state index in [1.807, 2.05) is 32.1 Å². The molecule has 2 aromatic carbocycles. The molecule has 37 heavy (non-hydrogen) atoms. The number of aliphatic hydroxyl groups excluding tert-OH is 2. The molecule has 0 radical (unpaired) electrons. The van der Waals surface area contributed by atoms with Gasteiger partial charge in [0.05, 0.1) is 31.0 Å². The van der Waals surface area contributed by atoms with Crippen LogP contribution in [-0.2, 0) is 9.59 Å². The fraction of sp³-hybridized carbons (Fsp3) is 0.269. The SMILES string of the molecule is COc1ccc(/C=C/C(=O)c2ccc(OC)c3c2OC(C)(C)C=C3)cc1N.O=C(O)C(O)C(O)C(=O)O. The van der Waals surface area contributed by atoms with Crippen molar-refractivity contribution in [3.8, 4) is 17.2 Å². The molecule has 2 aromatic rings. The van der Waals surface area contributed by atoms with Crippen molar-refractivity contribution in [2.75, 3.05) is 20.0 Å². The van der Waals surface area contributed by atoms with E-state index in [0.717, 1.165) is 11.1 Å². The molecule has 0 aromatic heterocycles. The minimum absolute atomic E-state index is 0.158. The first kappa shape index (κ1) is 28.9. The molecule has 1 aliphatic rings. The number of rotatable bonds is 8. The Hall–Kier alpha value is -4.35. The van der Waals surface area contributed by atoms with Crippen molar-refractivity contribution in [3.05, 3.63) is 59.2 Å². The number of ketones is 1. The van der Waals surface area contributed by atoms with E-state index in [-0.39, 0.29) is 5.78 Å². The van der Waals surface area contributed by atoms with E-state index >= 15 is 0 Å². The Kier molecular flexibility index (Phi) is 9.42. The summed E-state index contributed by atoms with van der Waals surface area (Å²) in [7, 11) is 3.16. The second-order valence-electron chi connectivity index (χ2n) is 8.36. The highest BCUT2D eigenvalue weighted by atomic mass is 16.5. The van der Waals surface area contributed by atoms with Crippen LogP contribution in [0.15, 0.2) is 42.5 Å². The van der Waals surface area contributed by atoms with Crippen LogP contribution >= 0.6 is 0 Å². The predicted molar refractivity (Wildman–Crippen MR) is 135 cm³/mol. The van der Waals surface area contributed by atoms with E-state index in [0.29, 0.717) is 28.5 Å². The Morgan fingerprint density at radius 3 is 2.05 bits per heavy atom. The van der Waals surface area contributed by atoms with E-state index in [9.17, 15) is 14.4 Å². The lowest BCUT2D eigenvalue weighted by Crippen LogP contribution is -2.39. The fourth-order valence-electron chi connectivity index (χ4n) is 3.19. The van der Waals surface area contributed by atoms with E-state index in [2.05, 4.69) is 0 Å². The van der Waals surface area contributed by atoms with Gasteiger partial charge in [-0.1, -0.05) is 12.1 Å². The van der Waals surface area contributed by atoms with Crippen molar-refractivity contribution in [2.45, 2.75) is 31.7 Å². The number of nitrogens with two attached hydrogens (primary N) is 1. The Labute approximate surface area is 213 Å². The van der Waals surface area contributed by atoms with Crippen LogP contribution in [-0.4, -0.2) is 70.2 Å². The van der Waals surface area contributed by atoms with Crippen molar-refractivity contribution in [2.24, 2.45) is 0 Å². The third-order valence-electron chi connectivity index (χ3n) is 5.14. The zero-order valence-corrected chi connectivity index (χ0v) is 20.7. The summed E-state index contributed by atoms with van der Waals surface area (Å²) in [5.41, 5.74) is 8.00. The number of anilines is 1. The van der Waals surface area contributed by atoms with Gasteiger partial charge in [0.1, 0.15) is 22.8 Å². The minimum Gasteiger partial charge on any atom is -0.496 e. The van der Waals surface area contributed by atoms with Crippen molar-refractivity contribution < 1.29 is 49.0 Å². The van der Waals surface area contributed by atoms with Crippen molar-refractivity contribution in [1.82, 2.24) is 0 Å². The fourth-order valence-corrected chi connectivity index (χ4v) is 3.19. The van der Waals surface area contributed by atoms with Crippen LogP contribution in [0.2, 0.25) is 0 Å². The lowest BCUT2D eigenvalue weighted by Gasteiger charge is -2.29. The zero-order chi connectivity index (χ0) is 27.9. The standard InChI is InChI=1S/C22H23NO4.C4H6O6/c1-22(2)12-11-16-19(25-3)10-7-15(21(16)27-22)18(24)8-5-14-6-9-20(26-4)17(23)13-14;5-1(3(7)8)2(6)4(9)10/h5-13H,23H2,1-4H3;1-2,5-6H,(H,7,8)(H,9,10)/b8-5+;. The summed E-state index contributed by atoms with van der Waals surface area (Å²) in [6, 6.07) is 8.86. The minimum atomic E-state index is -2.27. The quantitative estimate of drug-likeness (QED) is 0.197. The lowest BCUT2D eigenvalue weighted by atomic mass is 9.97. The molecular weight excluding hydrogens is 486 g/mol. The molecule has 2 atom stereocenters. The highest BCUT2D eigenvalue weighted by molar-refractivity contribution is 6.09. The van der Waals surface area contributed by atoms with Crippen molar-refractivity contribution in [3.63, 3.8) is 0 Å². The number of carbonyl (C=O) groups excluding carboxylic acids is 1. The Bertz CT molecular complexity index is 1210. The molecule has 2 unspecified atom stereocenters. The molecular formula is C26H29NO10. The molecule has 0 bridgehead atoms. The van der Waals surface area contributed by atoms with Crippen LogP contribution in [0.5, 0.6) is 17.2 Å². The summed E-state index contributed by atoms with van der Waals surface area (Å²) in [6.07, 6.45) is 2.58. The molecule has 3 rings (SSSR count). The van der Waals surface area contributed by atoms with Gasteiger partial charge in [-0.25, -0.2) is 9.59 Å². The van der Waals surface area contributed by atoms with Crippen LogP contribution in [0.1, 0.15) is 35.3 Å². The third kappa shape index (κ3) is 7.32. The molecule has 0 spiro atoms. The Balaban J connectivity index is 0.000000410. The van der Waals surface area contributed by atoms with Gasteiger partial charge in [-0.05, 0) is 61.9 Å². The molecule has 0 fully saturated rings. The van der Waals surface area contributed by atoms with E-state index in [1.54, 1.807) is 44.6 Å². The molecule has 11 heteroatoms. The molecule has 1 heterocycles. The second kappa shape index (κ2) is 12.1. The molecule has 1 aliphatic heterocycles. The molecule has 0 aliphatic carbocycles. The maximum absolute atomic E-state index is 12.8. The first-order valence-corrected chi connectivity index (χ1v) is 10.9. The third-order valence-corrected chi connectivity index (χ3v) is 5.14. The van der Waals surface area contributed by atoms with E-state index in [4.69, 9.17) is 40.4 Å².